The lowest BCUT2D eigenvalue weighted by molar-refractivity contribution is 0.110. The molecule has 1 aromatic carbocycles. The zero-order chi connectivity index (χ0) is 13.4. The van der Waals surface area contributed by atoms with Crippen molar-refractivity contribution in [2.45, 2.75) is 29.7 Å². The fourth-order valence-electron chi connectivity index (χ4n) is 1.99. The molecule has 0 aromatic heterocycles. The first-order valence-electron chi connectivity index (χ1n) is 5.59. The van der Waals surface area contributed by atoms with Gasteiger partial charge in [0.25, 0.3) is 0 Å². The molecule has 0 bridgehead atoms. The van der Waals surface area contributed by atoms with Crippen molar-refractivity contribution < 1.29 is 17.9 Å². The lowest BCUT2D eigenvalue weighted by Gasteiger charge is -2.40. The van der Waals surface area contributed by atoms with Gasteiger partial charge in [-0.05, 0) is 31.4 Å². The Labute approximate surface area is 105 Å². The standard InChI is InChI=1S/C11H15FN2O3S/c12-8-3-1-4-9(10(8)13)18(16,17)14-11(7-15)5-2-6-11/h1,3-4,14-15H,2,5-7,13H2. The van der Waals surface area contributed by atoms with Crippen LogP contribution < -0.4 is 10.5 Å². The molecule has 2 rings (SSSR count). The molecular weight excluding hydrogens is 259 g/mol. The minimum absolute atomic E-state index is 0.276. The summed E-state index contributed by atoms with van der Waals surface area (Å²) in [6.45, 7) is -0.276. The van der Waals surface area contributed by atoms with E-state index in [0.29, 0.717) is 12.8 Å². The fraction of sp³-hybridized carbons (Fsp3) is 0.455. The van der Waals surface area contributed by atoms with Gasteiger partial charge in [0.15, 0.2) is 0 Å². The highest BCUT2D eigenvalue weighted by molar-refractivity contribution is 7.89. The van der Waals surface area contributed by atoms with Gasteiger partial charge in [0.1, 0.15) is 10.7 Å². The predicted octanol–water partition coefficient (Wildman–Crippen LogP) is 0.601. The molecule has 1 aliphatic carbocycles. The van der Waals surface area contributed by atoms with Crippen LogP contribution in [0.25, 0.3) is 0 Å². The summed E-state index contributed by atoms with van der Waals surface area (Å²) < 4.78 is 39.9. The van der Waals surface area contributed by atoms with E-state index in [0.717, 1.165) is 12.5 Å². The number of aliphatic hydroxyl groups excluding tert-OH is 1. The molecule has 1 saturated carbocycles. The molecule has 1 aliphatic rings. The quantitative estimate of drug-likeness (QED) is 0.701. The number of aliphatic hydroxyl groups is 1. The molecule has 0 radical (unpaired) electrons. The van der Waals surface area contributed by atoms with Crippen molar-refractivity contribution in [2.24, 2.45) is 0 Å². The summed E-state index contributed by atoms with van der Waals surface area (Å²) in [5, 5.41) is 9.24. The van der Waals surface area contributed by atoms with Crippen LogP contribution in [0.1, 0.15) is 19.3 Å². The van der Waals surface area contributed by atoms with Crippen LogP contribution in [-0.2, 0) is 10.0 Å². The van der Waals surface area contributed by atoms with Crippen molar-refractivity contribution in [2.75, 3.05) is 12.3 Å². The van der Waals surface area contributed by atoms with Gasteiger partial charge in [-0.25, -0.2) is 17.5 Å². The van der Waals surface area contributed by atoms with Crippen molar-refractivity contribution >= 4 is 15.7 Å². The highest BCUT2D eigenvalue weighted by Crippen LogP contribution is 2.33. The van der Waals surface area contributed by atoms with Crippen molar-refractivity contribution in [3.63, 3.8) is 0 Å². The van der Waals surface area contributed by atoms with Crippen LogP contribution in [0, 0.1) is 5.82 Å². The average Bonchev–Trinajstić information content (AvgIpc) is 2.27. The SMILES string of the molecule is Nc1c(F)cccc1S(=O)(=O)NC1(CO)CCC1. The molecule has 0 atom stereocenters. The summed E-state index contributed by atoms with van der Waals surface area (Å²) in [6, 6.07) is 3.62. The lowest BCUT2D eigenvalue weighted by atomic mass is 9.78. The summed E-state index contributed by atoms with van der Waals surface area (Å²) in [7, 11) is -3.92. The molecule has 0 amide bonds. The molecule has 1 fully saturated rings. The van der Waals surface area contributed by atoms with Gasteiger partial charge < -0.3 is 10.8 Å². The van der Waals surface area contributed by atoms with Gasteiger partial charge in [-0.1, -0.05) is 6.07 Å². The predicted molar refractivity (Wildman–Crippen MR) is 64.8 cm³/mol. The minimum Gasteiger partial charge on any atom is -0.395 e. The molecule has 0 saturated heterocycles. The largest absolute Gasteiger partial charge is 0.395 e. The molecule has 0 heterocycles. The highest BCUT2D eigenvalue weighted by atomic mass is 32.2. The van der Waals surface area contributed by atoms with Gasteiger partial charge in [-0.3, -0.25) is 0 Å². The van der Waals surface area contributed by atoms with E-state index in [1.54, 1.807) is 0 Å². The van der Waals surface area contributed by atoms with Crippen LogP contribution in [0.15, 0.2) is 23.1 Å². The summed E-state index contributed by atoms with van der Waals surface area (Å²) in [5.74, 6) is -0.774. The smallest absolute Gasteiger partial charge is 0.243 e. The zero-order valence-electron chi connectivity index (χ0n) is 9.69. The van der Waals surface area contributed by atoms with E-state index >= 15 is 0 Å². The number of hydrogen-bond acceptors (Lipinski definition) is 4. The van der Waals surface area contributed by atoms with Crippen molar-refractivity contribution in [3.8, 4) is 0 Å². The van der Waals surface area contributed by atoms with Gasteiger partial charge in [0.05, 0.1) is 17.8 Å². The lowest BCUT2D eigenvalue weighted by Crippen LogP contribution is -2.56. The van der Waals surface area contributed by atoms with Gasteiger partial charge >= 0.3 is 0 Å². The molecular formula is C11H15FN2O3S. The summed E-state index contributed by atoms with van der Waals surface area (Å²) in [6.07, 6.45) is 1.98. The fourth-order valence-corrected chi connectivity index (χ4v) is 3.58. The summed E-state index contributed by atoms with van der Waals surface area (Å²) >= 11 is 0. The Morgan fingerprint density at radius 3 is 2.61 bits per heavy atom. The molecule has 0 aliphatic heterocycles. The van der Waals surface area contributed by atoms with E-state index in [2.05, 4.69) is 4.72 Å². The Kier molecular flexibility index (Phi) is 3.31. The highest BCUT2D eigenvalue weighted by Gasteiger charge is 2.40. The number of para-hydroxylation sites is 1. The third-order valence-corrected chi connectivity index (χ3v) is 4.90. The number of nitrogen functional groups attached to an aromatic ring is 1. The maximum Gasteiger partial charge on any atom is 0.243 e. The first kappa shape index (κ1) is 13.3. The monoisotopic (exact) mass is 274 g/mol. The first-order valence-corrected chi connectivity index (χ1v) is 7.07. The molecule has 4 N–H and O–H groups in total. The van der Waals surface area contributed by atoms with Crippen LogP contribution in [0.2, 0.25) is 0 Å². The summed E-state index contributed by atoms with van der Waals surface area (Å²) in [4.78, 5) is -0.290. The normalized spacial score (nSPS) is 18.3. The van der Waals surface area contributed by atoms with E-state index in [1.807, 2.05) is 0 Å². The number of benzene rings is 1. The number of rotatable bonds is 4. The van der Waals surface area contributed by atoms with Crippen LogP contribution in [-0.4, -0.2) is 25.7 Å². The van der Waals surface area contributed by atoms with Crippen LogP contribution in [0.4, 0.5) is 10.1 Å². The van der Waals surface area contributed by atoms with Crippen LogP contribution in [0.5, 0.6) is 0 Å². The van der Waals surface area contributed by atoms with Gasteiger partial charge in [-0.2, -0.15) is 0 Å². The molecule has 0 unspecified atom stereocenters. The average molecular weight is 274 g/mol. The molecule has 18 heavy (non-hydrogen) atoms. The van der Waals surface area contributed by atoms with E-state index in [1.165, 1.54) is 12.1 Å². The second-order valence-corrected chi connectivity index (χ2v) is 6.20. The molecule has 7 heteroatoms. The van der Waals surface area contributed by atoms with Gasteiger partial charge in [-0.15, -0.1) is 0 Å². The second kappa shape index (κ2) is 4.49. The van der Waals surface area contributed by atoms with Crippen molar-refractivity contribution in [1.82, 2.24) is 4.72 Å². The molecule has 100 valence electrons. The first-order chi connectivity index (χ1) is 8.40. The maximum absolute atomic E-state index is 13.3. The Morgan fingerprint density at radius 2 is 2.11 bits per heavy atom. The van der Waals surface area contributed by atoms with Gasteiger partial charge in [0.2, 0.25) is 10.0 Å². The molecule has 1 aromatic rings. The van der Waals surface area contributed by atoms with E-state index < -0.39 is 27.1 Å². The number of anilines is 1. The van der Waals surface area contributed by atoms with Crippen LogP contribution in [0.3, 0.4) is 0 Å². The Morgan fingerprint density at radius 1 is 1.44 bits per heavy atom. The van der Waals surface area contributed by atoms with Crippen molar-refractivity contribution in [1.29, 1.82) is 0 Å². The maximum atomic E-state index is 13.3. The number of nitrogens with two attached hydrogens (primary N) is 1. The third-order valence-electron chi connectivity index (χ3n) is 3.27. The number of nitrogens with one attached hydrogen (secondary N) is 1. The van der Waals surface area contributed by atoms with Crippen LogP contribution >= 0.6 is 0 Å². The Bertz CT molecular complexity index is 550. The van der Waals surface area contributed by atoms with E-state index in [4.69, 9.17) is 5.73 Å². The molecule has 5 nitrogen and oxygen atoms in total. The number of hydrogen-bond donors (Lipinski definition) is 3. The van der Waals surface area contributed by atoms with E-state index in [9.17, 15) is 17.9 Å². The topological polar surface area (TPSA) is 92.4 Å². The second-order valence-electron chi connectivity index (χ2n) is 4.55. The molecule has 0 spiro atoms. The Hall–Kier alpha value is -1.18. The van der Waals surface area contributed by atoms with Crippen molar-refractivity contribution in [3.05, 3.63) is 24.0 Å². The third kappa shape index (κ3) is 2.21. The minimum atomic E-state index is -3.92. The van der Waals surface area contributed by atoms with E-state index in [-0.39, 0.29) is 11.5 Å². The summed E-state index contributed by atoms with van der Waals surface area (Å²) in [5.41, 5.74) is 4.20. The Balaban J connectivity index is 2.34. The number of halogens is 1. The zero-order valence-corrected chi connectivity index (χ0v) is 10.5. The van der Waals surface area contributed by atoms with Gasteiger partial charge in [0, 0.05) is 0 Å². The number of sulfonamides is 1.